The van der Waals surface area contributed by atoms with Crippen LogP contribution in [0.2, 0.25) is 0 Å². The van der Waals surface area contributed by atoms with E-state index in [2.05, 4.69) is 214 Å². The number of nitrogens with zero attached hydrogens (tertiary/aromatic N) is 5. The van der Waals surface area contributed by atoms with Gasteiger partial charge in [0, 0.05) is 16.9 Å². The maximum atomic E-state index is 6.09. The molecule has 0 saturated heterocycles. The summed E-state index contributed by atoms with van der Waals surface area (Å²) >= 11 is 0. The number of aromatic nitrogens is 5. The van der Waals surface area contributed by atoms with E-state index in [4.69, 9.17) is 14.4 Å². The first-order chi connectivity index (χ1) is 31.7. The summed E-state index contributed by atoms with van der Waals surface area (Å²) in [6.45, 7) is 0. The Labute approximate surface area is 371 Å². The van der Waals surface area contributed by atoms with Crippen LogP contribution in [-0.4, -0.2) is 32.2 Å². The SMILES string of the molecule is c1ccc(-n2cnc3c(-c4c5ncn(-c6cccc(-c7cccc(-c8cccc([Si](c9ccccc9)(c9ccccc9)c9ccccc9)c8)c7)c6)c5cc5ncoc45)cccc32)cc1. The van der Waals surface area contributed by atoms with Crippen LogP contribution >= 0.6 is 0 Å². The molecule has 12 rings (SSSR count). The number of hydrogen-bond acceptors (Lipinski definition) is 4. The number of para-hydroxylation sites is 2. The largest absolute Gasteiger partial charge is 0.443 e. The van der Waals surface area contributed by atoms with Crippen LogP contribution in [0.3, 0.4) is 0 Å². The van der Waals surface area contributed by atoms with Crippen molar-refractivity contribution in [2.24, 2.45) is 0 Å². The molecule has 9 aromatic carbocycles. The Balaban J connectivity index is 0.949. The number of benzene rings is 9. The number of oxazole rings is 1. The van der Waals surface area contributed by atoms with Crippen LogP contribution in [0.15, 0.2) is 242 Å². The molecule has 6 nitrogen and oxygen atoms in total. The standard InChI is InChI=1S/C57H39N5OSi/c1-5-21-44(22-6-1)61-37-58-55-50(31-16-32-52(55)61)54-56-53(36-51-57(54)63-39-60-51)62(38-59-56)45-23-14-19-42(34-45)40-17-13-18-41(33-40)43-20-15-30-49(35-43)64(46-24-7-2-8-25-46,47-26-9-3-10-27-47)48-28-11-4-12-29-48/h1-39H. The van der Waals surface area contributed by atoms with Gasteiger partial charge in [-0.1, -0.05) is 176 Å². The predicted octanol–water partition coefficient (Wildman–Crippen LogP) is 10.9. The molecule has 302 valence electrons. The summed E-state index contributed by atoms with van der Waals surface area (Å²) in [5.74, 6) is 0. The minimum Gasteiger partial charge on any atom is -0.443 e. The molecule has 64 heavy (non-hydrogen) atoms. The quantitative estimate of drug-likeness (QED) is 0.107. The Kier molecular flexibility index (Phi) is 9.05. The fraction of sp³-hybridized carbons (Fsp3) is 0. The van der Waals surface area contributed by atoms with Gasteiger partial charge in [0.15, 0.2) is 20.1 Å². The van der Waals surface area contributed by atoms with E-state index in [0.717, 1.165) is 66.8 Å². The zero-order valence-electron chi connectivity index (χ0n) is 34.7. The van der Waals surface area contributed by atoms with Crippen LogP contribution in [0.1, 0.15) is 0 Å². The van der Waals surface area contributed by atoms with Crippen molar-refractivity contribution in [3.05, 3.63) is 237 Å². The molecule has 0 fully saturated rings. The van der Waals surface area contributed by atoms with Crippen molar-refractivity contribution in [1.29, 1.82) is 0 Å². The summed E-state index contributed by atoms with van der Waals surface area (Å²) in [5.41, 5.74) is 13.5. The molecule has 0 spiro atoms. The number of hydrogen-bond donors (Lipinski definition) is 0. The van der Waals surface area contributed by atoms with Gasteiger partial charge in [-0.05, 0) is 85.5 Å². The van der Waals surface area contributed by atoms with Gasteiger partial charge in [0.05, 0.1) is 22.1 Å². The Hall–Kier alpha value is -8.39. The Morgan fingerprint density at radius 2 is 0.875 bits per heavy atom. The van der Waals surface area contributed by atoms with E-state index < -0.39 is 8.07 Å². The molecule has 0 aliphatic rings. The summed E-state index contributed by atoms with van der Waals surface area (Å²) in [6.07, 6.45) is 5.29. The van der Waals surface area contributed by atoms with Crippen LogP contribution in [0.5, 0.6) is 0 Å². The fourth-order valence-corrected chi connectivity index (χ4v) is 14.5. The summed E-state index contributed by atoms with van der Waals surface area (Å²) in [5, 5.41) is 5.41. The van der Waals surface area contributed by atoms with Crippen LogP contribution in [0.4, 0.5) is 0 Å². The molecule has 12 aromatic rings. The van der Waals surface area contributed by atoms with E-state index in [1.54, 1.807) is 0 Å². The van der Waals surface area contributed by atoms with Gasteiger partial charge >= 0.3 is 0 Å². The van der Waals surface area contributed by atoms with Crippen molar-refractivity contribution < 1.29 is 4.42 Å². The average molecular weight is 838 g/mol. The highest BCUT2D eigenvalue weighted by molar-refractivity contribution is 7.19. The van der Waals surface area contributed by atoms with Crippen molar-refractivity contribution in [2.75, 3.05) is 0 Å². The second-order valence-electron chi connectivity index (χ2n) is 16.1. The van der Waals surface area contributed by atoms with Crippen LogP contribution in [0.25, 0.3) is 77.9 Å². The molecular weight excluding hydrogens is 799 g/mol. The van der Waals surface area contributed by atoms with Crippen molar-refractivity contribution in [1.82, 2.24) is 24.1 Å². The topological polar surface area (TPSA) is 61.7 Å². The molecule has 0 atom stereocenters. The Bertz CT molecular complexity index is 3520. The monoisotopic (exact) mass is 837 g/mol. The molecular formula is C57H39N5OSi. The van der Waals surface area contributed by atoms with E-state index in [-0.39, 0.29) is 0 Å². The number of imidazole rings is 2. The molecule has 0 amide bonds. The lowest BCUT2D eigenvalue weighted by Crippen LogP contribution is -2.74. The van der Waals surface area contributed by atoms with E-state index in [0.29, 0.717) is 5.58 Å². The highest BCUT2D eigenvalue weighted by Gasteiger charge is 2.41. The Morgan fingerprint density at radius 1 is 0.375 bits per heavy atom. The highest BCUT2D eigenvalue weighted by atomic mass is 28.3. The summed E-state index contributed by atoms with van der Waals surface area (Å²) in [7, 11) is -2.69. The number of fused-ring (bicyclic) bond motifs is 3. The van der Waals surface area contributed by atoms with Crippen molar-refractivity contribution in [3.63, 3.8) is 0 Å². The van der Waals surface area contributed by atoms with Crippen LogP contribution in [0, 0.1) is 0 Å². The van der Waals surface area contributed by atoms with Gasteiger partial charge in [-0.2, -0.15) is 0 Å². The molecule has 7 heteroatoms. The molecule has 0 bridgehead atoms. The van der Waals surface area contributed by atoms with Gasteiger partial charge in [-0.15, -0.1) is 0 Å². The van der Waals surface area contributed by atoms with Gasteiger partial charge in [0.2, 0.25) is 0 Å². The van der Waals surface area contributed by atoms with E-state index in [1.165, 1.54) is 32.7 Å². The van der Waals surface area contributed by atoms with E-state index >= 15 is 0 Å². The third kappa shape index (κ3) is 6.13. The fourth-order valence-electron chi connectivity index (χ4n) is 9.67. The smallest absolute Gasteiger partial charge is 0.182 e. The molecule has 3 aromatic heterocycles. The molecule has 0 unspecified atom stereocenters. The molecule has 0 aliphatic carbocycles. The zero-order chi connectivity index (χ0) is 42.5. The molecule has 0 radical (unpaired) electrons. The predicted molar refractivity (Wildman–Crippen MR) is 263 cm³/mol. The maximum Gasteiger partial charge on any atom is 0.182 e. The summed E-state index contributed by atoms with van der Waals surface area (Å²) in [4.78, 5) is 14.6. The van der Waals surface area contributed by atoms with E-state index in [9.17, 15) is 0 Å². The lowest BCUT2D eigenvalue weighted by molar-refractivity contribution is 0.603. The van der Waals surface area contributed by atoms with Crippen molar-refractivity contribution in [3.8, 4) is 44.8 Å². The summed E-state index contributed by atoms with van der Waals surface area (Å²) < 4.78 is 10.4. The van der Waals surface area contributed by atoms with Gasteiger partial charge in [0.1, 0.15) is 23.7 Å². The summed E-state index contributed by atoms with van der Waals surface area (Å²) in [6, 6.07) is 78.7. The molecule has 0 N–H and O–H groups in total. The maximum absolute atomic E-state index is 6.09. The molecule has 0 saturated carbocycles. The zero-order valence-corrected chi connectivity index (χ0v) is 35.7. The third-order valence-corrected chi connectivity index (χ3v) is 17.4. The average Bonchev–Trinajstić information content (AvgIpc) is 4.14. The van der Waals surface area contributed by atoms with Gasteiger partial charge in [0.25, 0.3) is 0 Å². The van der Waals surface area contributed by atoms with Crippen LogP contribution < -0.4 is 20.7 Å². The normalized spacial score (nSPS) is 11.8. The lowest BCUT2D eigenvalue weighted by atomic mass is 9.98. The van der Waals surface area contributed by atoms with Crippen molar-refractivity contribution in [2.45, 2.75) is 0 Å². The minimum atomic E-state index is -2.69. The van der Waals surface area contributed by atoms with Gasteiger partial charge in [-0.3, -0.25) is 9.13 Å². The first-order valence-corrected chi connectivity index (χ1v) is 23.5. The molecule has 3 heterocycles. The third-order valence-electron chi connectivity index (χ3n) is 12.6. The van der Waals surface area contributed by atoms with Gasteiger partial charge in [-0.25, -0.2) is 15.0 Å². The Morgan fingerprint density at radius 3 is 1.53 bits per heavy atom. The van der Waals surface area contributed by atoms with Crippen molar-refractivity contribution >= 4 is 62.0 Å². The first kappa shape index (κ1) is 37.4. The second-order valence-corrected chi connectivity index (χ2v) is 19.9. The highest BCUT2D eigenvalue weighted by Crippen LogP contribution is 2.40. The van der Waals surface area contributed by atoms with E-state index in [1.807, 2.05) is 30.9 Å². The van der Waals surface area contributed by atoms with Crippen LogP contribution in [-0.2, 0) is 0 Å². The van der Waals surface area contributed by atoms with Gasteiger partial charge < -0.3 is 4.42 Å². The lowest BCUT2D eigenvalue weighted by Gasteiger charge is -2.34. The number of rotatable bonds is 9. The molecule has 0 aliphatic heterocycles. The minimum absolute atomic E-state index is 0.686. The first-order valence-electron chi connectivity index (χ1n) is 21.5. The second kappa shape index (κ2) is 15.5.